The molecule has 0 spiro atoms. The minimum Gasteiger partial charge on any atom is -0.294 e. The first-order valence-corrected chi connectivity index (χ1v) is 6.11. The Morgan fingerprint density at radius 3 is 2.67 bits per heavy atom. The summed E-state index contributed by atoms with van der Waals surface area (Å²) in [6, 6.07) is 13.9. The molecule has 18 heavy (non-hydrogen) atoms. The summed E-state index contributed by atoms with van der Waals surface area (Å²) in [5, 5.41) is 3.12. The SMILES string of the molecule is CCC(=O)c1cccc2ccc3cccnc3c12. The smallest absolute Gasteiger partial charge is 0.163 e. The van der Waals surface area contributed by atoms with Crippen molar-refractivity contribution in [3.8, 4) is 0 Å². The van der Waals surface area contributed by atoms with E-state index >= 15 is 0 Å². The molecule has 3 rings (SSSR count). The normalized spacial score (nSPS) is 10.9. The van der Waals surface area contributed by atoms with Gasteiger partial charge < -0.3 is 0 Å². The number of Topliss-reactive ketones (excluding diaryl/α,β-unsaturated/α-hetero) is 1. The van der Waals surface area contributed by atoms with Gasteiger partial charge in [-0.1, -0.05) is 43.3 Å². The molecule has 0 unspecified atom stereocenters. The van der Waals surface area contributed by atoms with E-state index < -0.39 is 0 Å². The number of aromatic nitrogens is 1. The molecule has 3 aromatic rings. The lowest BCUT2D eigenvalue weighted by Gasteiger charge is -2.07. The lowest BCUT2D eigenvalue weighted by molar-refractivity contribution is 0.0990. The van der Waals surface area contributed by atoms with Gasteiger partial charge in [0.1, 0.15) is 0 Å². The number of rotatable bonds is 2. The molecular weight excluding hydrogens is 222 g/mol. The third-order valence-corrected chi connectivity index (χ3v) is 3.24. The lowest BCUT2D eigenvalue weighted by Crippen LogP contribution is -1.98. The summed E-state index contributed by atoms with van der Waals surface area (Å²) in [7, 11) is 0. The van der Waals surface area contributed by atoms with E-state index in [0.29, 0.717) is 6.42 Å². The summed E-state index contributed by atoms with van der Waals surface area (Å²) in [5.74, 6) is 0.166. The molecule has 0 saturated heterocycles. The molecule has 2 aromatic carbocycles. The second-order valence-corrected chi connectivity index (χ2v) is 4.32. The van der Waals surface area contributed by atoms with E-state index in [4.69, 9.17) is 0 Å². The first-order valence-electron chi connectivity index (χ1n) is 6.11. The topological polar surface area (TPSA) is 30.0 Å². The zero-order valence-electron chi connectivity index (χ0n) is 10.2. The molecule has 0 amide bonds. The van der Waals surface area contributed by atoms with Crippen molar-refractivity contribution < 1.29 is 4.79 Å². The maximum absolute atomic E-state index is 12.0. The number of pyridine rings is 1. The van der Waals surface area contributed by atoms with Crippen LogP contribution in [-0.4, -0.2) is 10.8 Å². The van der Waals surface area contributed by atoms with Gasteiger partial charge in [-0.15, -0.1) is 0 Å². The molecular formula is C16H13NO. The number of carbonyl (C=O) groups excluding carboxylic acids is 1. The molecule has 0 bridgehead atoms. The van der Waals surface area contributed by atoms with Crippen LogP contribution in [-0.2, 0) is 0 Å². The Balaban J connectivity index is 2.50. The minimum absolute atomic E-state index is 0.166. The number of nitrogens with zero attached hydrogens (tertiary/aromatic N) is 1. The van der Waals surface area contributed by atoms with Gasteiger partial charge in [0.05, 0.1) is 5.52 Å². The predicted molar refractivity (Wildman–Crippen MR) is 73.9 cm³/mol. The van der Waals surface area contributed by atoms with E-state index in [0.717, 1.165) is 27.2 Å². The van der Waals surface area contributed by atoms with Crippen molar-refractivity contribution in [1.82, 2.24) is 4.98 Å². The third-order valence-electron chi connectivity index (χ3n) is 3.24. The summed E-state index contributed by atoms with van der Waals surface area (Å²) in [5.41, 5.74) is 1.69. The summed E-state index contributed by atoms with van der Waals surface area (Å²) < 4.78 is 0. The van der Waals surface area contributed by atoms with Gasteiger partial charge >= 0.3 is 0 Å². The fraction of sp³-hybridized carbons (Fsp3) is 0.125. The Morgan fingerprint density at radius 2 is 1.83 bits per heavy atom. The summed E-state index contributed by atoms with van der Waals surface area (Å²) in [6.45, 7) is 1.89. The van der Waals surface area contributed by atoms with Crippen LogP contribution >= 0.6 is 0 Å². The van der Waals surface area contributed by atoms with Gasteiger partial charge in [-0.25, -0.2) is 0 Å². The second kappa shape index (κ2) is 4.22. The molecule has 2 nitrogen and oxygen atoms in total. The van der Waals surface area contributed by atoms with Crippen molar-refractivity contribution in [2.75, 3.05) is 0 Å². The standard InChI is InChI=1S/C16H13NO/c1-2-14(18)13-7-3-5-11-8-9-12-6-4-10-17-16(12)15(11)13/h3-10H,2H2,1H3. The average Bonchev–Trinajstić information content (AvgIpc) is 2.45. The summed E-state index contributed by atoms with van der Waals surface area (Å²) in [4.78, 5) is 16.5. The fourth-order valence-electron chi connectivity index (χ4n) is 2.34. The predicted octanol–water partition coefficient (Wildman–Crippen LogP) is 3.98. The maximum atomic E-state index is 12.0. The summed E-state index contributed by atoms with van der Waals surface area (Å²) >= 11 is 0. The van der Waals surface area contributed by atoms with Crippen molar-refractivity contribution in [3.63, 3.8) is 0 Å². The van der Waals surface area contributed by atoms with Gasteiger partial charge in [-0.2, -0.15) is 0 Å². The Bertz CT molecular complexity index is 746. The van der Waals surface area contributed by atoms with Gasteiger partial charge in [-0.05, 0) is 11.5 Å². The van der Waals surface area contributed by atoms with Crippen LogP contribution in [0, 0.1) is 0 Å². The third kappa shape index (κ3) is 1.58. The Morgan fingerprint density at radius 1 is 1.06 bits per heavy atom. The van der Waals surface area contributed by atoms with E-state index in [9.17, 15) is 4.79 Å². The highest BCUT2D eigenvalue weighted by Crippen LogP contribution is 2.27. The molecule has 0 N–H and O–H groups in total. The Hall–Kier alpha value is -2.22. The van der Waals surface area contributed by atoms with Crippen molar-refractivity contribution in [1.29, 1.82) is 0 Å². The quantitative estimate of drug-likeness (QED) is 0.496. The van der Waals surface area contributed by atoms with Crippen LogP contribution in [0.2, 0.25) is 0 Å². The van der Waals surface area contributed by atoms with Crippen LogP contribution in [0.5, 0.6) is 0 Å². The molecule has 0 aliphatic heterocycles. The molecule has 1 heterocycles. The van der Waals surface area contributed by atoms with Gasteiger partial charge in [0.25, 0.3) is 0 Å². The monoisotopic (exact) mass is 235 g/mol. The second-order valence-electron chi connectivity index (χ2n) is 4.32. The van der Waals surface area contributed by atoms with E-state index in [1.807, 2.05) is 49.4 Å². The number of hydrogen-bond donors (Lipinski definition) is 0. The van der Waals surface area contributed by atoms with Crippen LogP contribution < -0.4 is 0 Å². The zero-order valence-corrected chi connectivity index (χ0v) is 10.2. The van der Waals surface area contributed by atoms with E-state index in [-0.39, 0.29) is 5.78 Å². The molecule has 2 heteroatoms. The highest BCUT2D eigenvalue weighted by Gasteiger charge is 2.11. The van der Waals surface area contributed by atoms with Gasteiger partial charge in [0.2, 0.25) is 0 Å². The van der Waals surface area contributed by atoms with Crippen LogP contribution in [0.1, 0.15) is 23.7 Å². The largest absolute Gasteiger partial charge is 0.294 e. The zero-order chi connectivity index (χ0) is 12.5. The van der Waals surface area contributed by atoms with Crippen LogP contribution in [0.3, 0.4) is 0 Å². The van der Waals surface area contributed by atoms with Gasteiger partial charge in [0.15, 0.2) is 5.78 Å². The van der Waals surface area contributed by atoms with Gasteiger partial charge in [-0.3, -0.25) is 9.78 Å². The minimum atomic E-state index is 0.166. The number of fused-ring (bicyclic) bond motifs is 3. The van der Waals surface area contributed by atoms with E-state index in [2.05, 4.69) is 4.98 Å². The van der Waals surface area contributed by atoms with Crippen molar-refractivity contribution in [2.45, 2.75) is 13.3 Å². The van der Waals surface area contributed by atoms with Crippen LogP contribution in [0.4, 0.5) is 0 Å². The molecule has 0 saturated carbocycles. The Kier molecular flexibility index (Phi) is 2.56. The number of ketones is 1. The maximum Gasteiger partial charge on any atom is 0.163 e. The van der Waals surface area contributed by atoms with E-state index in [1.54, 1.807) is 6.20 Å². The average molecular weight is 235 g/mol. The molecule has 88 valence electrons. The van der Waals surface area contributed by atoms with Gasteiger partial charge in [0, 0.05) is 29.0 Å². The number of hydrogen-bond acceptors (Lipinski definition) is 2. The van der Waals surface area contributed by atoms with E-state index in [1.165, 1.54) is 0 Å². The molecule has 1 aromatic heterocycles. The molecule has 0 radical (unpaired) electrons. The highest BCUT2D eigenvalue weighted by molar-refractivity contribution is 6.16. The van der Waals surface area contributed by atoms with Crippen LogP contribution in [0.15, 0.2) is 48.7 Å². The number of benzene rings is 2. The Labute approximate surface area is 105 Å². The lowest BCUT2D eigenvalue weighted by atomic mass is 9.97. The molecule has 0 aliphatic rings. The van der Waals surface area contributed by atoms with Crippen molar-refractivity contribution in [3.05, 3.63) is 54.2 Å². The number of carbonyl (C=O) groups is 1. The van der Waals surface area contributed by atoms with Crippen molar-refractivity contribution in [2.24, 2.45) is 0 Å². The fourth-order valence-corrected chi connectivity index (χ4v) is 2.34. The first-order chi connectivity index (χ1) is 8.81. The van der Waals surface area contributed by atoms with Crippen LogP contribution in [0.25, 0.3) is 21.7 Å². The van der Waals surface area contributed by atoms with Crippen molar-refractivity contribution >= 4 is 27.5 Å². The molecule has 0 aliphatic carbocycles. The highest BCUT2D eigenvalue weighted by atomic mass is 16.1. The first kappa shape index (κ1) is 10.9. The summed E-state index contributed by atoms with van der Waals surface area (Å²) in [6.07, 6.45) is 2.29. The molecule has 0 fully saturated rings. The molecule has 0 atom stereocenters.